The van der Waals surface area contributed by atoms with Crippen molar-refractivity contribution in [3.63, 3.8) is 0 Å². The van der Waals surface area contributed by atoms with Crippen molar-refractivity contribution in [2.45, 2.75) is 51.0 Å². The van der Waals surface area contributed by atoms with Crippen molar-refractivity contribution in [1.29, 1.82) is 0 Å². The molecule has 1 aliphatic rings. The topological polar surface area (TPSA) is 26.0 Å². The van der Waals surface area contributed by atoms with Crippen LogP contribution < -0.4 is 5.73 Å². The first kappa shape index (κ1) is 13.5. The van der Waals surface area contributed by atoms with E-state index in [2.05, 4.69) is 0 Å². The van der Waals surface area contributed by atoms with Gasteiger partial charge in [0.1, 0.15) is 11.6 Å². The summed E-state index contributed by atoms with van der Waals surface area (Å²) in [7, 11) is 0. The monoisotopic (exact) mass is 253 g/mol. The van der Waals surface area contributed by atoms with Crippen LogP contribution in [0.1, 0.15) is 56.6 Å². The maximum absolute atomic E-state index is 13.5. The van der Waals surface area contributed by atoms with Crippen LogP contribution >= 0.6 is 0 Å². The number of benzene rings is 1. The van der Waals surface area contributed by atoms with Gasteiger partial charge in [0.25, 0.3) is 0 Å². The Balaban J connectivity index is 1.92. The van der Waals surface area contributed by atoms with Gasteiger partial charge in [-0.1, -0.05) is 38.2 Å². The van der Waals surface area contributed by atoms with Crippen LogP contribution in [0.5, 0.6) is 0 Å². The van der Waals surface area contributed by atoms with E-state index < -0.39 is 17.7 Å². The fraction of sp³-hybridized carbons (Fsp3) is 0.600. The molecule has 0 spiro atoms. The number of hydrogen-bond donors (Lipinski definition) is 1. The minimum atomic E-state index is -0.522. The molecule has 0 radical (unpaired) electrons. The van der Waals surface area contributed by atoms with Crippen molar-refractivity contribution in [2.75, 3.05) is 0 Å². The quantitative estimate of drug-likeness (QED) is 0.849. The predicted molar refractivity (Wildman–Crippen MR) is 69.1 cm³/mol. The molecule has 1 saturated carbocycles. The lowest BCUT2D eigenvalue weighted by Crippen LogP contribution is -2.16. The molecule has 0 aromatic heterocycles. The van der Waals surface area contributed by atoms with Gasteiger partial charge in [-0.25, -0.2) is 8.78 Å². The first-order chi connectivity index (χ1) is 8.68. The van der Waals surface area contributed by atoms with E-state index in [0.29, 0.717) is 12.3 Å². The Morgan fingerprint density at radius 1 is 1.11 bits per heavy atom. The molecular formula is C15H21F2N. The molecule has 0 heterocycles. The van der Waals surface area contributed by atoms with Gasteiger partial charge >= 0.3 is 0 Å². The Kier molecular flexibility index (Phi) is 4.70. The minimum Gasteiger partial charge on any atom is -0.324 e. The van der Waals surface area contributed by atoms with Crippen LogP contribution in [0.2, 0.25) is 0 Å². The molecule has 1 atom stereocenters. The molecule has 100 valence electrons. The molecular weight excluding hydrogens is 232 g/mol. The van der Waals surface area contributed by atoms with Crippen molar-refractivity contribution in [2.24, 2.45) is 11.7 Å². The van der Waals surface area contributed by atoms with Gasteiger partial charge in [-0.15, -0.1) is 0 Å². The van der Waals surface area contributed by atoms with Gasteiger partial charge in [-0.2, -0.15) is 0 Å². The Bertz CT molecular complexity index is 366. The van der Waals surface area contributed by atoms with Crippen molar-refractivity contribution in [3.05, 3.63) is 35.4 Å². The molecule has 2 N–H and O–H groups in total. The van der Waals surface area contributed by atoms with Crippen LogP contribution in [0.15, 0.2) is 18.2 Å². The third kappa shape index (κ3) is 3.29. The highest BCUT2D eigenvalue weighted by Gasteiger charge is 2.19. The Labute approximate surface area is 107 Å². The second-order valence-corrected chi connectivity index (χ2v) is 5.32. The van der Waals surface area contributed by atoms with E-state index in [1.165, 1.54) is 50.3 Å². The van der Waals surface area contributed by atoms with Gasteiger partial charge in [-0.05, 0) is 30.9 Å². The second-order valence-electron chi connectivity index (χ2n) is 5.32. The van der Waals surface area contributed by atoms with Crippen molar-refractivity contribution in [1.82, 2.24) is 0 Å². The van der Waals surface area contributed by atoms with E-state index in [1.807, 2.05) is 0 Å². The van der Waals surface area contributed by atoms with Gasteiger partial charge in [0, 0.05) is 11.6 Å². The molecule has 1 unspecified atom stereocenters. The van der Waals surface area contributed by atoms with Crippen LogP contribution in [0.4, 0.5) is 8.78 Å². The largest absolute Gasteiger partial charge is 0.324 e. The fourth-order valence-corrected chi connectivity index (χ4v) is 2.90. The lowest BCUT2D eigenvalue weighted by Gasteiger charge is -2.23. The van der Waals surface area contributed by atoms with Crippen molar-refractivity contribution >= 4 is 0 Å². The standard InChI is InChI=1S/C15H21F2N/c16-12-7-4-8-13(17)15(12)14(18)10-9-11-5-2-1-3-6-11/h4,7-8,11,14H,1-3,5-6,9-10,18H2. The Morgan fingerprint density at radius 2 is 1.72 bits per heavy atom. The zero-order chi connectivity index (χ0) is 13.0. The fourth-order valence-electron chi connectivity index (χ4n) is 2.90. The average Bonchev–Trinajstić information content (AvgIpc) is 2.37. The zero-order valence-corrected chi connectivity index (χ0v) is 10.7. The molecule has 1 fully saturated rings. The Morgan fingerprint density at radius 3 is 2.33 bits per heavy atom. The summed E-state index contributed by atoms with van der Waals surface area (Å²) in [5.74, 6) is -0.350. The van der Waals surface area contributed by atoms with E-state index in [-0.39, 0.29) is 5.56 Å². The van der Waals surface area contributed by atoms with E-state index in [4.69, 9.17) is 5.73 Å². The number of halogens is 2. The molecule has 1 aromatic carbocycles. The maximum Gasteiger partial charge on any atom is 0.130 e. The van der Waals surface area contributed by atoms with Gasteiger partial charge in [0.2, 0.25) is 0 Å². The van der Waals surface area contributed by atoms with Crippen LogP contribution in [-0.2, 0) is 0 Å². The molecule has 3 heteroatoms. The van der Waals surface area contributed by atoms with Gasteiger partial charge in [0.15, 0.2) is 0 Å². The summed E-state index contributed by atoms with van der Waals surface area (Å²) in [6.45, 7) is 0. The lowest BCUT2D eigenvalue weighted by atomic mass is 9.84. The van der Waals surface area contributed by atoms with Gasteiger partial charge in [-0.3, -0.25) is 0 Å². The van der Waals surface area contributed by atoms with E-state index in [1.54, 1.807) is 0 Å². The highest BCUT2D eigenvalue weighted by Crippen LogP contribution is 2.30. The zero-order valence-electron chi connectivity index (χ0n) is 10.7. The van der Waals surface area contributed by atoms with E-state index in [0.717, 1.165) is 6.42 Å². The molecule has 1 aliphatic carbocycles. The summed E-state index contributed by atoms with van der Waals surface area (Å²) in [4.78, 5) is 0. The third-order valence-electron chi connectivity index (χ3n) is 3.98. The van der Waals surface area contributed by atoms with Crippen molar-refractivity contribution < 1.29 is 8.78 Å². The summed E-state index contributed by atoms with van der Waals surface area (Å²) >= 11 is 0. The molecule has 2 rings (SSSR count). The second kappa shape index (κ2) is 6.28. The lowest BCUT2D eigenvalue weighted by molar-refractivity contribution is 0.321. The molecule has 0 bridgehead atoms. The smallest absolute Gasteiger partial charge is 0.130 e. The average molecular weight is 253 g/mol. The Hall–Kier alpha value is -0.960. The summed E-state index contributed by atoms with van der Waals surface area (Å²) in [6.07, 6.45) is 8.03. The number of hydrogen-bond acceptors (Lipinski definition) is 1. The van der Waals surface area contributed by atoms with Crippen LogP contribution in [0, 0.1) is 17.6 Å². The molecule has 1 aromatic rings. The number of rotatable bonds is 4. The highest BCUT2D eigenvalue weighted by molar-refractivity contribution is 5.22. The highest BCUT2D eigenvalue weighted by atomic mass is 19.1. The summed E-state index contributed by atoms with van der Waals surface area (Å²) in [5.41, 5.74) is 5.98. The molecule has 1 nitrogen and oxygen atoms in total. The maximum atomic E-state index is 13.5. The first-order valence-electron chi connectivity index (χ1n) is 6.88. The third-order valence-corrected chi connectivity index (χ3v) is 3.98. The van der Waals surface area contributed by atoms with Gasteiger partial charge < -0.3 is 5.73 Å². The molecule has 0 amide bonds. The van der Waals surface area contributed by atoms with Crippen LogP contribution in [0.25, 0.3) is 0 Å². The summed E-state index contributed by atoms with van der Waals surface area (Å²) < 4.78 is 27.1. The molecule has 0 saturated heterocycles. The molecule has 18 heavy (non-hydrogen) atoms. The normalized spacial score (nSPS) is 18.8. The van der Waals surface area contributed by atoms with E-state index >= 15 is 0 Å². The summed E-state index contributed by atoms with van der Waals surface area (Å²) in [5, 5.41) is 0. The number of nitrogens with two attached hydrogens (primary N) is 1. The van der Waals surface area contributed by atoms with Crippen LogP contribution in [0.3, 0.4) is 0 Å². The predicted octanol–water partition coefficient (Wildman–Crippen LogP) is 4.33. The SMILES string of the molecule is NC(CCC1CCCCC1)c1c(F)cccc1F. The van der Waals surface area contributed by atoms with E-state index in [9.17, 15) is 8.78 Å². The minimum absolute atomic E-state index is 0.0494. The van der Waals surface area contributed by atoms with Crippen molar-refractivity contribution in [3.8, 4) is 0 Å². The van der Waals surface area contributed by atoms with Gasteiger partial charge in [0.05, 0.1) is 0 Å². The van der Waals surface area contributed by atoms with Crippen LogP contribution in [-0.4, -0.2) is 0 Å². The first-order valence-corrected chi connectivity index (χ1v) is 6.88. The summed E-state index contributed by atoms with van der Waals surface area (Å²) in [6, 6.07) is 3.41. The molecule has 0 aliphatic heterocycles.